The fourth-order valence-electron chi connectivity index (χ4n) is 2.31. The standard InChI is InChI=1S/C12H24N4O2/c1-14-6-2-10-3-7-16(8-4-10)9-5-11(17)15-12(13)18/h10,14H,2-9H2,1H3,(H3,13,15,17,18). The number of imide groups is 1. The van der Waals surface area contributed by atoms with Crippen LogP contribution < -0.4 is 16.4 Å². The van der Waals surface area contributed by atoms with Crippen LogP contribution in [-0.2, 0) is 4.79 Å². The SMILES string of the molecule is CNCCC1CCN(CCC(=O)NC(N)=O)CC1. The lowest BCUT2D eigenvalue weighted by Gasteiger charge is -2.31. The average Bonchev–Trinajstić information content (AvgIpc) is 2.34. The summed E-state index contributed by atoms with van der Waals surface area (Å²) in [6.07, 6.45) is 3.95. The first-order valence-electron chi connectivity index (χ1n) is 6.58. The number of hydrogen-bond acceptors (Lipinski definition) is 4. The smallest absolute Gasteiger partial charge is 0.318 e. The maximum Gasteiger partial charge on any atom is 0.318 e. The Morgan fingerprint density at radius 3 is 2.56 bits per heavy atom. The molecule has 0 aliphatic carbocycles. The van der Waals surface area contributed by atoms with E-state index in [0.29, 0.717) is 13.0 Å². The molecular formula is C12H24N4O2. The predicted octanol–water partition coefficient (Wildman–Crippen LogP) is -0.107. The van der Waals surface area contributed by atoms with Gasteiger partial charge in [-0.15, -0.1) is 0 Å². The van der Waals surface area contributed by atoms with Crippen molar-refractivity contribution in [2.75, 3.05) is 33.2 Å². The Kier molecular flexibility index (Phi) is 6.67. The van der Waals surface area contributed by atoms with Crippen LogP contribution in [0, 0.1) is 5.92 Å². The van der Waals surface area contributed by atoms with Gasteiger partial charge in [0.2, 0.25) is 5.91 Å². The molecule has 6 nitrogen and oxygen atoms in total. The summed E-state index contributed by atoms with van der Waals surface area (Å²) in [5, 5.41) is 5.26. The van der Waals surface area contributed by atoms with Gasteiger partial charge in [-0.2, -0.15) is 0 Å². The van der Waals surface area contributed by atoms with Gasteiger partial charge in [0.1, 0.15) is 0 Å². The highest BCUT2D eigenvalue weighted by Gasteiger charge is 2.19. The normalized spacial score (nSPS) is 17.6. The number of hydrogen-bond donors (Lipinski definition) is 3. The zero-order valence-corrected chi connectivity index (χ0v) is 11.1. The summed E-state index contributed by atoms with van der Waals surface area (Å²) in [4.78, 5) is 24.0. The Labute approximate surface area is 108 Å². The maximum atomic E-state index is 11.3. The maximum absolute atomic E-state index is 11.3. The van der Waals surface area contributed by atoms with Crippen LogP contribution in [0.5, 0.6) is 0 Å². The lowest BCUT2D eigenvalue weighted by atomic mass is 9.93. The average molecular weight is 256 g/mol. The molecule has 1 rings (SSSR count). The Hall–Kier alpha value is -1.14. The minimum absolute atomic E-state index is 0.292. The molecular weight excluding hydrogens is 232 g/mol. The van der Waals surface area contributed by atoms with E-state index in [1.165, 1.54) is 19.3 Å². The number of carbonyl (C=O) groups excluding carboxylic acids is 2. The number of carbonyl (C=O) groups is 2. The van der Waals surface area contributed by atoms with Crippen LogP contribution in [0.15, 0.2) is 0 Å². The van der Waals surface area contributed by atoms with Gasteiger partial charge in [0, 0.05) is 13.0 Å². The molecule has 1 saturated heterocycles. The number of urea groups is 1. The number of rotatable bonds is 6. The fourth-order valence-corrected chi connectivity index (χ4v) is 2.31. The van der Waals surface area contributed by atoms with E-state index in [4.69, 9.17) is 5.73 Å². The van der Waals surface area contributed by atoms with Crippen molar-refractivity contribution >= 4 is 11.9 Å². The van der Waals surface area contributed by atoms with Crippen molar-refractivity contribution in [2.45, 2.75) is 25.7 Å². The Balaban J connectivity index is 2.12. The molecule has 3 amide bonds. The van der Waals surface area contributed by atoms with E-state index in [1.54, 1.807) is 0 Å². The minimum atomic E-state index is -0.772. The van der Waals surface area contributed by atoms with Crippen LogP contribution in [0.1, 0.15) is 25.7 Å². The molecule has 0 aromatic carbocycles. The van der Waals surface area contributed by atoms with Gasteiger partial charge in [0.15, 0.2) is 0 Å². The number of piperidine rings is 1. The van der Waals surface area contributed by atoms with Crippen molar-refractivity contribution in [3.8, 4) is 0 Å². The van der Waals surface area contributed by atoms with Crippen LogP contribution >= 0.6 is 0 Å². The summed E-state index contributed by atoms with van der Waals surface area (Å²) < 4.78 is 0. The lowest BCUT2D eigenvalue weighted by molar-refractivity contribution is -0.120. The van der Waals surface area contributed by atoms with E-state index < -0.39 is 6.03 Å². The summed E-state index contributed by atoms with van der Waals surface area (Å²) in [6.45, 7) is 3.86. The van der Waals surface area contributed by atoms with Gasteiger partial charge < -0.3 is 16.0 Å². The molecule has 4 N–H and O–H groups in total. The zero-order valence-electron chi connectivity index (χ0n) is 11.1. The van der Waals surface area contributed by atoms with E-state index in [1.807, 2.05) is 7.05 Å². The molecule has 104 valence electrons. The van der Waals surface area contributed by atoms with Gasteiger partial charge in [-0.3, -0.25) is 10.1 Å². The highest BCUT2D eigenvalue weighted by molar-refractivity contribution is 5.93. The minimum Gasteiger partial charge on any atom is -0.351 e. The second-order valence-electron chi connectivity index (χ2n) is 4.84. The highest BCUT2D eigenvalue weighted by atomic mass is 16.2. The van der Waals surface area contributed by atoms with E-state index >= 15 is 0 Å². The first-order valence-corrected chi connectivity index (χ1v) is 6.58. The molecule has 0 aromatic heterocycles. The molecule has 1 fully saturated rings. The van der Waals surface area contributed by atoms with Gasteiger partial charge in [0.25, 0.3) is 0 Å². The van der Waals surface area contributed by atoms with Crippen LogP contribution in [0.3, 0.4) is 0 Å². The zero-order chi connectivity index (χ0) is 13.4. The lowest BCUT2D eigenvalue weighted by Crippen LogP contribution is -2.39. The Bertz CT molecular complexity index is 275. The van der Waals surface area contributed by atoms with Crippen LogP contribution in [0.25, 0.3) is 0 Å². The van der Waals surface area contributed by atoms with Gasteiger partial charge in [-0.1, -0.05) is 0 Å². The second-order valence-corrected chi connectivity index (χ2v) is 4.84. The molecule has 1 heterocycles. The third-order valence-electron chi connectivity index (χ3n) is 3.43. The third-order valence-corrected chi connectivity index (χ3v) is 3.43. The molecule has 0 radical (unpaired) electrons. The van der Waals surface area contributed by atoms with Gasteiger partial charge in [-0.25, -0.2) is 4.79 Å². The number of amides is 3. The predicted molar refractivity (Wildman–Crippen MR) is 70.1 cm³/mol. The highest BCUT2D eigenvalue weighted by Crippen LogP contribution is 2.19. The van der Waals surface area contributed by atoms with E-state index in [-0.39, 0.29) is 5.91 Å². The van der Waals surface area contributed by atoms with E-state index in [0.717, 1.165) is 25.6 Å². The van der Waals surface area contributed by atoms with E-state index in [2.05, 4.69) is 15.5 Å². The number of nitrogens with two attached hydrogens (primary N) is 1. The van der Waals surface area contributed by atoms with Crippen molar-refractivity contribution in [3.63, 3.8) is 0 Å². The van der Waals surface area contributed by atoms with Crippen LogP contribution in [0.2, 0.25) is 0 Å². The number of nitrogens with one attached hydrogen (secondary N) is 2. The van der Waals surface area contributed by atoms with Crippen LogP contribution in [0.4, 0.5) is 4.79 Å². The molecule has 0 bridgehead atoms. The van der Waals surface area contributed by atoms with Gasteiger partial charge in [-0.05, 0) is 51.9 Å². The Morgan fingerprint density at radius 2 is 2.00 bits per heavy atom. The summed E-state index contributed by atoms with van der Waals surface area (Å²) in [5.41, 5.74) is 4.88. The summed E-state index contributed by atoms with van der Waals surface area (Å²) in [5.74, 6) is 0.507. The van der Waals surface area contributed by atoms with Gasteiger partial charge >= 0.3 is 6.03 Å². The monoisotopic (exact) mass is 256 g/mol. The summed E-state index contributed by atoms with van der Waals surface area (Å²) in [6, 6.07) is -0.772. The van der Waals surface area contributed by atoms with Crippen molar-refractivity contribution in [2.24, 2.45) is 11.7 Å². The van der Waals surface area contributed by atoms with Crippen LogP contribution in [-0.4, -0.2) is 50.1 Å². The molecule has 0 spiro atoms. The van der Waals surface area contributed by atoms with Crippen molar-refractivity contribution in [1.29, 1.82) is 0 Å². The first kappa shape index (κ1) is 14.9. The third kappa shape index (κ3) is 5.97. The summed E-state index contributed by atoms with van der Waals surface area (Å²) >= 11 is 0. The number of nitrogens with zero attached hydrogens (tertiary/aromatic N) is 1. The van der Waals surface area contributed by atoms with Gasteiger partial charge in [0.05, 0.1) is 0 Å². The van der Waals surface area contributed by atoms with E-state index in [9.17, 15) is 9.59 Å². The quantitative estimate of drug-likeness (QED) is 0.619. The molecule has 0 atom stereocenters. The molecule has 18 heavy (non-hydrogen) atoms. The topological polar surface area (TPSA) is 87.5 Å². The van der Waals surface area contributed by atoms with Crippen molar-refractivity contribution in [3.05, 3.63) is 0 Å². The second kappa shape index (κ2) is 8.05. The van der Waals surface area contributed by atoms with Crippen molar-refractivity contribution < 1.29 is 9.59 Å². The first-order chi connectivity index (χ1) is 8.61. The molecule has 1 aliphatic rings. The molecule has 6 heteroatoms. The summed E-state index contributed by atoms with van der Waals surface area (Å²) in [7, 11) is 1.98. The molecule has 1 aliphatic heterocycles. The molecule has 0 unspecified atom stereocenters. The fraction of sp³-hybridized carbons (Fsp3) is 0.833. The molecule has 0 aromatic rings. The number of primary amides is 1. The number of likely N-dealkylation sites (tertiary alicyclic amines) is 1. The van der Waals surface area contributed by atoms with Crippen molar-refractivity contribution in [1.82, 2.24) is 15.5 Å². The largest absolute Gasteiger partial charge is 0.351 e. The Morgan fingerprint density at radius 1 is 1.33 bits per heavy atom. The molecule has 0 saturated carbocycles.